The van der Waals surface area contributed by atoms with Crippen molar-refractivity contribution in [2.75, 3.05) is 25.4 Å². The maximum atomic E-state index is 12.9. The molecule has 0 radical (unpaired) electrons. The van der Waals surface area contributed by atoms with Crippen LogP contribution in [0.15, 0.2) is 0 Å². The molecule has 6 nitrogen and oxygen atoms in total. The minimum Gasteiger partial charge on any atom is -0.354 e. The summed E-state index contributed by atoms with van der Waals surface area (Å²) in [5, 5.41) is 9.13. The van der Waals surface area contributed by atoms with Gasteiger partial charge in [0.1, 0.15) is 0 Å². The number of rotatable bonds is 4. The Labute approximate surface area is 102 Å². The van der Waals surface area contributed by atoms with E-state index in [1.165, 1.54) is 0 Å². The summed E-state index contributed by atoms with van der Waals surface area (Å²) in [4.78, 5) is 11.6. The van der Waals surface area contributed by atoms with Gasteiger partial charge in [-0.25, -0.2) is 13.6 Å². The van der Waals surface area contributed by atoms with Gasteiger partial charge in [0.2, 0.25) is 15.9 Å². The first-order valence-electron chi connectivity index (χ1n) is 5.15. The molecule has 0 spiro atoms. The highest BCUT2D eigenvalue weighted by Gasteiger charge is 2.61. The van der Waals surface area contributed by atoms with Gasteiger partial charge in [0.05, 0.1) is 5.75 Å². The molecule has 0 aromatic carbocycles. The van der Waals surface area contributed by atoms with Gasteiger partial charge in [-0.1, -0.05) is 0 Å². The van der Waals surface area contributed by atoms with E-state index in [0.717, 1.165) is 0 Å². The normalized spacial score (nSPS) is 25.1. The summed E-state index contributed by atoms with van der Waals surface area (Å²) < 4.78 is 59.9. The third kappa shape index (κ3) is 3.33. The molecule has 106 valence electrons. The lowest BCUT2D eigenvalue weighted by Crippen LogP contribution is -2.52. The van der Waals surface area contributed by atoms with E-state index in [0.29, 0.717) is 0 Å². The Kier molecular flexibility index (Phi) is 4.23. The quantitative estimate of drug-likeness (QED) is 0.613. The van der Waals surface area contributed by atoms with E-state index in [-0.39, 0.29) is 13.0 Å². The number of sulfonamides is 1. The van der Waals surface area contributed by atoms with Crippen molar-refractivity contribution in [3.05, 3.63) is 0 Å². The van der Waals surface area contributed by atoms with E-state index in [1.54, 1.807) is 0 Å². The zero-order valence-electron chi connectivity index (χ0n) is 9.38. The van der Waals surface area contributed by atoms with Gasteiger partial charge in [0.25, 0.3) is 0 Å². The molecule has 4 N–H and O–H groups in total. The molecule has 1 atom stereocenters. The van der Waals surface area contributed by atoms with Crippen molar-refractivity contribution >= 4 is 15.9 Å². The van der Waals surface area contributed by atoms with Crippen molar-refractivity contribution in [2.24, 2.45) is 10.6 Å². The van der Waals surface area contributed by atoms with Gasteiger partial charge in [-0.15, -0.1) is 0 Å². The average Bonchev–Trinajstić information content (AvgIpc) is 2.63. The first-order valence-corrected chi connectivity index (χ1v) is 6.86. The SMILES string of the molecule is NS(=O)(=O)CCNC(=O)C1(C(F)(F)F)CCNC1. The zero-order chi connectivity index (χ0) is 14.0. The van der Waals surface area contributed by atoms with Gasteiger partial charge in [-0.3, -0.25) is 4.79 Å². The monoisotopic (exact) mass is 289 g/mol. The van der Waals surface area contributed by atoms with E-state index in [2.05, 4.69) is 10.5 Å². The molecule has 1 unspecified atom stereocenters. The lowest BCUT2D eigenvalue weighted by atomic mass is 9.85. The molecule has 1 saturated heterocycles. The minimum absolute atomic E-state index is 0.0854. The second kappa shape index (κ2) is 5.02. The molecule has 1 amide bonds. The molecule has 0 aliphatic carbocycles. The van der Waals surface area contributed by atoms with E-state index in [4.69, 9.17) is 0 Å². The topological polar surface area (TPSA) is 101 Å². The second-order valence-corrected chi connectivity index (χ2v) is 5.86. The van der Waals surface area contributed by atoms with Crippen molar-refractivity contribution in [2.45, 2.75) is 12.6 Å². The standard InChI is InChI=1S/C8H14F3N3O3S/c9-8(10,11)7(1-2-13-5-7)6(15)14-3-4-18(12,16)17/h13H,1-5H2,(H,14,15)(H2,12,16,17). The Hall–Kier alpha value is -0.870. The lowest BCUT2D eigenvalue weighted by Gasteiger charge is -2.29. The van der Waals surface area contributed by atoms with Crippen LogP contribution >= 0.6 is 0 Å². The van der Waals surface area contributed by atoms with Crippen LogP contribution in [-0.4, -0.2) is 45.9 Å². The van der Waals surface area contributed by atoms with E-state index < -0.39 is 46.4 Å². The van der Waals surface area contributed by atoms with Crippen molar-refractivity contribution in [3.8, 4) is 0 Å². The number of amides is 1. The van der Waals surface area contributed by atoms with Crippen LogP contribution < -0.4 is 15.8 Å². The van der Waals surface area contributed by atoms with Gasteiger partial charge in [-0.05, 0) is 13.0 Å². The number of hydrogen-bond donors (Lipinski definition) is 3. The Morgan fingerprint density at radius 3 is 2.44 bits per heavy atom. The maximum Gasteiger partial charge on any atom is 0.404 e. The van der Waals surface area contributed by atoms with Gasteiger partial charge in [0, 0.05) is 13.1 Å². The molecular formula is C8H14F3N3O3S. The molecule has 1 aliphatic heterocycles. The van der Waals surface area contributed by atoms with Gasteiger partial charge in [0.15, 0.2) is 5.41 Å². The lowest BCUT2D eigenvalue weighted by molar-refractivity contribution is -0.215. The number of nitrogens with two attached hydrogens (primary N) is 1. The molecule has 18 heavy (non-hydrogen) atoms. The largest absolute Gasteiger partial charge is 0.404 e. The molecule has 0 saturated carbocycles. The summed E-state index contributed by atoms with van der Waals surface area (Å²) in [6.45, 7) is -0.852. The predicted octanol–water partition coefficient (Wildman–Crippen LogP) is -1.07. The number of alkyl halides is 3. The zero-order valence-corrected chi connectivity index (χ0v) is 10.2. The molecule has 0 aromatic heterocycles. The Morgan fingerprint density at radius 1 is 1.44 bits per heavy atom. The molecule has 1 aliphatic rings. The van der Waals surface area contributed by atoms with E-state index in [9.17, 15) is 26.4 Å². The first kappa shape index (κ1) is 15.2. The smallest absolute Gasteiger partial charge is 0.354 e. The van der Waals surface area contributed by atoms with E-state index in [1.807, 2.05) is 5.32 Å². The van der Waals surface area contributed by atoms with Crippen LogP contribution in [0, 0.1) is 5.41 Å². The summed E-state index contributed by atoms with van der Waals surface area (Å²) in [5.74, 6) is -1.82. The highest BCUT2D eigenvalue weighted by molar-refractivity contribution is 7.89. The van der Waals surface area contributed by atoms with Crippen molar-refractivity contribution < 1.29 is 26.4 Å². The number of carbonyl (C=O) groups excluding carboxylic acids is 1. The molecule has 1 heterocycles. The molecule has 0 bridgehead atoms. The summed E-state index contributed by atoms with van der Waals surface area (Å²) in [6.07, 6.45) is -5.04. The summed E-state index contributed by atoms with van der Waals surface area (Å²) in [7, 11) is -3.81. The molecular weight excluding hydrogens is 275 g/mol. The third-order valence-corrected chi connectivity index (χ3v) is 3.58. The van der Waals surface area contributed by atoms with Crippen LogP contribution in [0.4, 0.5) is 13.2 Å². The fourth-order valence-corrected chi connectivity index (χ4v) is 2.12. The second-order valence-electron chi connectivity index (χ2n) is 4.13. The number of halogens is 3. The summed E-state index contributed by atoms with van der Waals surface area (Å²) >= 11 is 0. The highest BCUT2D eigenvalue weighted by atomic mass is 32.2. The summed E-state index contributed by atoms with van der Waals surface area (Å²) in [5.41, 5.74) is -2.48. The van der Waals surface area contributed by atoms with Crippen LogP contribution in [0.5, 0.6) is 0 Å². The number of primary sulfonamides is 1. The Morgan fingerprint density at radius 2 is 2.06 bits per heavy atom. The van der Waals surface area contributed by atoms with Crippen LogP contribution in [0.2, 0.25) is 0 Å². The van der Waals surface area contributed by atoms with Crippen molar-refractivity contribution in [1.82, 2.24) is 10.6 Å². The molecule has 1 rings (SSSR count). The van der Waals surface area contributed by atoms with Crippen LogP contribution in [0.3, 0.4) is 0 Å². The molecule has 0 aromatic rings. The van der Waals surface area contributed by atoms with Crippen LogP contribution in [0.1, 0.15) is 6.42 Å². The molecule has 1 fully saturated rings. The maximum absolute atomic E-state index is 12.9. The van der Waals surface area contributed by atoms with Crippen LogP contribution in [-0.2, 0) is 14.8 Å². The van der Waals surface area contributed by atoms with Crippen molar-refractivity contribution in [3.63, 3.8) is 0 Å². The fourth-order valence-electron chi connectivity index (χ4n) is 1.73. The minimum atomic E-state index is -4.68. The Balaban J connectivity index is 2.68. The third-order valence-electron chi connectivity index (χ3n) is 2.80. The number of hydrogen-bond acceptors (Lipinski definition) is 4. The highest BCUT2D eigenvalue weighted by Crippen LogP contribution is 2.43. The van der Waals surface area contributed by atoms with E-state index >= 15 is 0 Å². The van der Waals surface area contributed by atoms with Gasteiger partial charge in [-0.2, -0.15) is 13.2 Å². The van der Waals surface area contributed by atoms with Crippen molar-refractivity contribution in [1.29, 1.82) is 0 Å². The fraction of sp³-hybridized carbons (Fsp3) is 0.875. The molecule has 10 heteroatoms. The van der Waals surface area contributed by atoms with Gasteiger partial charge < -0.3 is 10.6 Å². The van der Waals surface area contributed by atoms with Crippen LogP contribution in [0.25, 0.3) is 0 Å². The summed E-state index contributed by atoms with van der Waals surface area (Å²) in [6, 6.07) is 0. The average molecular weight is 289 g/mol. The predicted molar refractivity (Wildman–Crippen MR) is 57.0 cm³/mol. The first-order chi connectivity index (χ1) is 8.08. The Bertz CT molecular complexity index is 415. The number of carbonyl (C=O) groups is 1. The number of nitrogens with one attached hydrogen (secondary N) is 2. The van der Waals surface area contributed by atoms with Gasteiger partial charge >= 0.3 is 6.18 Å².